The molecule has 220 valence electrons. The van der Waals surface area contributed by atoms with Crippen molar-refractivity contribution in [3.8, 4) is 11.1 Å². The van der Waals surface area contributed by atoms with Gasteiger partial charge in [-0.2, -0.15) is 0 Å². The third-order valence-electron chi connectivity index (χ3n) is 8.49. The minimum absolute atomic E-state index is 0.110. The van der Waals surface area contributed by atoms with Crippen LogP contribution in [0.15, 0.2) is 78.9 Å². The summed E-state index contributed by atoms with van der Waals surface area (Å²) in [5.41, 5.74) is 5.40. The van der Waals surface area contributed by atoms with E-state index in [-0.39, 0.29) is 31.6 Å². The Morgan fingerprint density at radius 3 is 2.17 bits per heavy atom. The van der Waals surface area contributed by atoms with Gasteiger partial charge in [-0.3, -0.25) is 9.59 Å². The molecule has 0 heterocycles. The van der Waals surface area contributed by atoms with Gasteiger partial charge in [0.15, 0.2) is 0 Å². The number of aliphatic carboxylic acids is 1. The number of fused-ring (bicyclic) bond motifs is 3. The SMILES string of the molecule is C[C@H](OCc1ccccc1)[C@@H](NC(=O)OCC1c2ccccc2-c2ccccc21)C(=O)NC[C@@H]1CCCC[C@@H]1C(=O)O. The number of nitrogens with one attached hydrogen (secondary N) is 2. The van der Waals surface area contributed by atoms with Gasteiger partial charge < -0.3 is 25.2 Å². The zero-order valence-electron chi connectivity index (χ0n) is 23.8. The maximum absolute atomic E-state index is 13.4. The molecule has 0 spiro atoms. The number of carboxylic acid groups (broad SMARTS) is 1. The van der Waals surface area contributed by atoms with Gasteiger partial charge in [0.1, 0.15) is 12.6 Å². The molecule has 0 aromatic heterocycles. The molecule has 5 rings (SSSR count). The van der Waals surface area contributed by atoms with Crippen molar-refractivity contribution in [3.63, 3.8) is 0 Å². The normalized spacial score (nSPS) is 19.2. The highest BCUT2D eigenvalue weighted by molar-refractivity contribution is 5.86. The quantitative estimate of drug-likeness (QED) is 0.280. The summed E-state index contributed by atoms with van der Waals surface area (Å²) < 4.78 is 11.7. The van der Waals surface area contributed by atoms with E-state index in [0.717, 1.165) is 47.1 Å². The molecule has 0 bridgehead atoms. The van der Waals surface area contributed by atoms with Crippen molar-refractivity contribution in [1.29, 1.82) is 0 Å². The van der Waals surface area contributed by atoms with Crippen molar-refractivity contribution in [2.45, 2.75) is 57.3 Å². The Kier molecular flexibility index (Phi) is 9.54. The van der Waals surface area contributed by atoms with Crippen LogP contribution < -0.4 is 10.6 Å². The Morgan fingerprint density at radius 2 is 1.50 bits per heavy atom. The van der Waals surface area contributed by atoms with E-state index in [1.54, 1.807) is 6.92 Å². The third kappa shape index (κ3) is 6.82. The number of alkyl carbamates (subject to hydrolysis) is 1. The molecule has 3 aromatic rings. The fraction of sp³-hybridized carbons (Fsp3) is 0.382. The number of carbonyl (C=O) groups is 3. The van der Waals surface area contributed by atoms with Gasteiger partial charge in [0.25, 0.3) is 0 Å². The van der Waals surface area contributed by atoms with Crippen molar-refractivity contribution < 1.29 is 29.0 Å². The molecule has 0 unspecified atom stereocenters. The second-order valence-electron chi connectivity index (χ2n) is 11.2. The van der Waals surface area contributed by atoms with E-state index >= 15 is 0 Å². The summed E-state index contributed by atoms with van der Waals surface area (Å²) in [6.07, 6.45) is 1.76. The second-order valence-corrected chi connectivity index (χ2v) is 11.2. The lowest BCUT2D eigenvalue weighted by atomic mass is 9.79. The molecular weight excluding hydrogens is 532 g/mol. The average molecular weight is 571 g/mol. The van der Waals surface area contributed by atoms with Crippen LogP contribution in [0.2, 0.25) is 0 Å². The Bertz CT molecular complexity index is 1350. The van der Waals surface area contributed by atoms with Gasteiger partial charge in [0, 0.05) is 12.5 Å². The monoisotopic (exact) mass is 570 g/mol. The number of rotatable bonds is 11. The first-order chi connectivity index (χ1) is 20.4. The maximum atomic E-state index is 13.4. The van der Waals surface area contributed by atoms with E-state index in [2.05, 4.69) is 22.8 Å². The zero-order valence-corrected chi connectivity index (χ0v) is 23.8. The van der Waals surface area contributed by atoms with Crippen LogP contribution in [0.5, 0.6) is 0 Å². The van der Waals surface area contributed by atoms with Crippen LogP contribution in [0.1, 0.15) is 55.2 Å². The molecule has 8 heteroatoms. The summed E-state index contributed by atoms with van der Waals surface area (Å²) in [6.45, 7) is 2.35. The molecule has 2 aliphatic rings. The minimum atomic E-state index is -1.03. The average Bonchev–Trinajstić information content (AvgIpc) is 3.34. The number of hydrogen-bond donors (Lipinski definition) is 3. The highest BCUT2D eigenvalue weighted by Gasteiger charge is 2.34. The van der Waals surface area contributed by atoms with Crippen LogP contribution >= 0.6 is 0 Å². The molecule has 1 fully saturated rings. The smallest absolute Gasteiger partial charge is 0.407 e. The Labute approximate surface area is 246 Å². The van der Waals surface area contributed by atoms with Gasteiger partial charge in [0.05, 0.1) is 18.6 Å². The molecule has 8 nitrogen and oxygen atoms in total. The lowest BCUT2D eigenvalue weighted by Crippen LogP contribution is -2.54. The van der Waals surface area contributed by atoms with E-state index in [0.29, 0.717) is 6.42 Å². The number of amides is 2. The largest absolute Gasteiger partial charge is 0.481 e. The number of carbonyl (C=O) groups excluding carboxylic acids is 2. The van der Waals surface area contributed by atoms with Crippen molar-refractivity contribution in [2.75, 3.05) is 13.2 Å². The van der Waals surface area contributed by atoms with Crippen LogP contribution in [0, 0.1) is 11.8 Å². The first-order valence-electron chi connectivity index (χ1n) is 14.7. The Balaban J connectivity index is 1.25. The van der Waals surface area contributed by atoms with E-state index in [9.17, 15) is 19.5 Å². The van der Waals surface area contributed by atoms with Crippen LogP contribution in [0.4, 0.5) is 4.79 Å². The number of carboxylic acids is 1. The maximum Gasteiger partial charge on any atom is 0.407 e. The van der Waals surface area contributed by atoms with Gasteiger partial charge in [-0.1, -0.05) is 91.7 Å². The standard InChI is InChI=1S/C34H38N2O6/c1-22(41-20-23-11-3-2-4-12-23)31(32(37)35-19-24-13-5-6-14-25(24)33(38)39)36-34(40)42-21-30-28-17-9-7-15-26(28)27-16-8-10-18-29(27)30/h2-4,7-12,15-18,22,24-25,30-31H,5-6,13-14,19-21H2,1H3,(H,35,37)(H,36,40)(H,38,39)/t22-,24-,25-,31+/m0/s1. The van der Waals surface area contributed by atoms with Gasteiger partial charge in [0.2, 0.25) is 5.91 Å². The molecule has 3 N–H and O–H groups in total. The van der Waals surface area contributed by atoms with Crippen molar-refractivity contribution in [3.05, 3.63) is 95.6 Å². The van der Waals surface area contributed by atoms with Crippen molar-refractivity contribution in [2.24, 2.45) is 11.8 Å². The number of ether oxygens (including phenoxy) is 2. The summed E-state index contributed by atoms with van der Waals surface area (Å²) >= 11 is 0. The molecule has 2 aliphatic carbocycles. The first-order valence-corrected chi connectivity index (χ1v) is 14.7. The topological polar surface area (TPSA) is 114 Å². The Hall–Kier alpha value is -4.17. The van der Waals surface area contributed by atoms with Gasteiger partial charge >= 0.3 is 12.1 Å². The highest BCUT2D eigenvalue weighted by Crippen LogP contribution is 2.44. The fourth-order valence-corrected chi connectivity index (χ4v) is 6.18. The molecule has 4 atom stereocenters. The molecule has 0 saturated heterocycles. The number of benzene rings is 3. The Morgan fingerprint density at radius 1 is 0.881 bits per heavy atom. The third-order valence-corrected chi connectivity index (χ3v) is 8.49. The van der Waals surface area contributed by atoms with Crippen LogP contribution in [-0.4, -0.2) is 48.4 Å². The predicted molar refractivity (Wildman–Crippen MR) is 159 cm³/mol. The molecule has 42 heavy (non-hydrogen) atoms. The molecule has 1 saturated carbocycles. The molecule has 2 amide bonds. The minimum Gasteiger partial charge on any atom is -0.481 e. The first kappa shape index (κ1) is 29.3. The van der Waals surface area contributed by atoms with Crippen molar-refractivity contribution >= 4 is 18.0 Å². The number of hydrogen-bond acceptors (Lipinski definition) is 5. The molecule has 3 aromatic carbocycles. The summed E-state index contributed by atoms with van der Waals surface area (Å²) in [7, 11) is 0. The van der Waals surface area contributed by atoms with Crippen molar-refractivity contribution in [1.82, 2.24) is 10.6 Å². The molecule has 0 radical (unpaired) electrons. The van der Waals surface area contributed by atoms with Gasteiger partial charge in [-0.15, -0.1) is 0 Å². The van der Waals surface area contributed by atoms with Crippen LogP contribution in [0.25, 0.3) is 11.1 Å². The summed E-state index contributed by atoms with van der Waals surface area (Å²) in [5, 5.41) is 15.3. The van der Waals surface area contributed by atoms with Crippen LogP contribution in [0.3, 0.4) is 0 Å². The van der Waals surface area contributed by atoms with E-state index in [4.69, 9.17) is 9.47 Å². The van der Waals surface area contributed by atoms with E-state index in [1.807, 2.05) is 66.7 Å². The molecular formula is C34H38N2O6. The zero-order chi connectivity index (χ0) is 29.5. The molecule has 0 aliphatic heterocycles. The highest BCUT2D eigenvalue weighted by atomic mass is 16.5. The summed E-state index contributed by atoms with van der Waals surface area (Å²) in [6, 6.07) is 24.7. The van der Waals surface area contributed by atoms with E-state index < -0.39 is 36.0 Å². The lowest BCUT2D eigenvalue weighted by molar-refractivity contribution is -0.145. The predicted octanol–water partition coefficient (Wildman–Crippen LogP) is 5.51. The fourth-order valence-electron chi connectivity index (χ4n) is 6.18. The summed E-state index contributed by atoms with van der Waals surface area (Å²) in [4.78, 5) is 38.3. The van der Waals surface area contributed by atoms with Crippen LogP contribution in [-0.2, 0) is 25.7 Å². The summed E-state index contributed by atoms with van der Waals surface area (Å²) in [5.74, 6) is -2.02. The lowest BCUT2D eigenvalue weighted by Gasteiger charge is -2.30. The van der Waals surface area contributed by atoms with E-state index in [1.165, 1.54) is 0 Å². The van der Waals surface area contributed by atoms with Gasteiger partial charge in [-0.05, 0) is 53.5 Å². The second kappa shape index (κ2) is 13.7. The van der Waals surface area contributed by atoms with Gasteiger partial charge in [-0.25, -0.2) is 4.79 Å².